The van der Waals surface area contributed by atoms with Crippen LogP contribution in [0.15, 0.2) is 54.9 Å². The zero-order valence-electron chi connectivity index (χ0n) is 15.2. The van der Waals surface area contributed by atoms with Gasteiger partial charge in [0.25, 0.3) is 0 Å². The summed E-state index contributed by atoms with van der Waals surface area (Å²) < 4.78 is 14.9. The maximum Gasteiger partial charge on any atom is 0.333 e. The molecule has 0 radical (unpaired) electrons. The number of nitrogens with zero attached hydrogens (tertiary/aromatic N) is 2. The molecule has 0 aliphatic rings. The summed E-state index contributed by atoms with van der Waals surface area (Å²) in [6, 6.07) is 7.39. The summed E-state index contributed by atoms with van der Waals surface area (Å²) in [7, 11) is 1.33. The highest BCUT2D eigenvalue weighted by atomic mass is 16.6. The number of hydrogen-bond donors (Lipinski definition) is 0. The number of methoxy groups -OCH3 is 1. The Morgan fingerprint density at radius 3 is 2.37 bits per heavy atom. The third-order valence-electron chi connectivity index (χ3n) is 3.34. The number of carbonyl (C=O) groups is 2. The molecular formula is C20H20N2O5. The van der Waals surface area contributed by atoms with Crippen molar-refractivity contribution in [1.29, 1.82) is 0 Å². The molecule has 140 valence electrons. The molecule has 0 unspecified atom stereocenters. The van der Waals surface area contributed by atoms with Crippen molar-refractivity contribution in [3.05, 3.63) is 60.5 Å². The summed E-state index contributed by atoms with van der Waals surface area (Å²) >= 11 is 0. The van der Waals surface area contributed by atoms with E-state index in [1.807, 2.05) is 24.3 Å². The Morgan fingerprint density at radius 2 is 1.78 bits per heavy atom. The van der Waals surface area contributed by atoms with Crippen LogP contribution in [0.4, 0.5) is 0 Å². The fraction of sp³-hybridized carbons (Fsp3) is 0.200. The van der Waals surface area contributed by atoms with Crippen molar-refractivity contribution >= 4 is 18.0 Å². The number of aromatic nitrogens is 2. The first-order valence-corrected chi connectivity index (χ1v) is 8.13. The van der Waals surface area contributed by atoms with Gasteiger partial charge in [-0.2, -0.15) is 0 Å². The molecule has 7 nitrogen and oxygen atoms in total. The number of ether oxygens (including phenoxy) is 3. The van der Waals surface area contributed by atoms with Crippen molar-refractivity contribution < 1.29 is 23.8 Å². The molecule has 2 rings (SSSR count). The molecule has 1 heterocycles. The van der Waals surface area contributed by atoms with Crippen LogP contribution in [0.1, 0.15) is 12.5 Å². The maximum absolute atomic E-state index is 11.2. The standard InChI is InChI=1S/C20H20N2O5/c1-14(2)20(24)27-11-10-26-17-12-21-19(22-13-17)16-7-4-15(5-8-16)6-9-18(23)25-3/h4-9,12-13H,1,10-11H2,2-3H3. The van der Waals surface area contributed by atoms with Gasteiger partial charge >= 0.3 is 11.9 Å². The van der Waals surface area contributed by atoms with Gasteiger partial charge in [0.05, 0.1) is 19.5 Å². The third-order valence-corrected chi connectivity index (χ3v) is 3.34. The molecule has 0 aliphatic heterocycles. The quantitative estimate of drug-likeness (QED) is 0.402. The minimum atomic E-state index is -0.449. The summed E-state index contributed by atoms with van der Waals surface area (Å²) in [5.41, 5.74) is 2.02. The van der Waals surface area contributed by atoms with Crippen molar-refractivity contribution in [1.82, 2.24) is 9.97 Å². The lowest BCUT2D eigenvalue weighted by atomic mass is 10.1. The molecule has 1 aromatic heterocycles. The predicted molar refractivity (Wildman–Crippen MR) is 99.8 cm³/mol. The van der Waals surface area contributed by atoms with Crippen LogP contribution in [-0.2, 0) is 19.1 Å². The number of carbonyl (C=O) groups excluding carboxylic acids is 2. The van der Waals surface area contributed by atoms with Crippen molar-refractivity contribution in [3.63, 3.8) is 0 Å². The first-order valence-electron chi connectivity index (χ1n) is 8.13. The summed E-state index contributed by atoms with van der Waals surface area (Å²) in [5.74, 6) is 0.157. The van der Waals surface area contributed by atoms with E-state index < -0.39 is 11.9 Å². The molecule has 0 bridgehead atoms. The van der Waals surface area contributed by atoms with Gasteiger partial charge in [0, 0.05) is 17.2 Å². The van der Waals surface area contributed by atoms with Gasteiger partial charge in [-0.1, -0.05) is 30.8 Å². The van der Waals surface area contributed by atoms with Crippen LogP contribution in [-0.4, -0.2) is 42.2 Å². The lowest BCUT2D eigenvalue weighted by Gasteiger charge is -2.07. The fourth-order valence-electron chi connectivity index (χ4n) is 1.93. The van der Waals surface area contributed by atoms with Gasteiger partial charge in [0.15, 0.2) is 11.6 Å². The van der Waals surface area contributed by atoms with Crippen LogP contribution in [0.2, 0.25) is 0 Å². The average molecular weight is 368 g/mol. The molecule has 0 aliphatic carbocycles. The highest BCUT2D eigenvalue weighted by Gasteiger charge is 2.04. The number of benzene rings is 1. The molecule has 2 aromatic rings. The molecule has 27 heavy (non-hydrogen) atoms. The van der Waals surface area contributed by atoms with Gasteiger partial charge in [-0.05, 0) is 18.6 Å². The molecule has 0 saturated heterocycles. The van der Waals surface area contributed by atoms with Gasteiger partial charge < -0.3 is 14.2 Å². The van der Waals surface area contributed by atoms with E-state index in [2.05, 4.69) is 21.3 Å². The Labute approximate surface area is 157 Å². The first kappa shape index (κ1) is 19.8. The van der Waals surface area contributed by atoms with Crippen molar-refractivity contribution in [2.45, 2.75) is 6.92 Å². The van der Waals surface area contributed by atoms with Crippen molar-refractivity contribution in [2.24, 2.45) is 0 Å². The van der Waals surface area contributed by atoms with Crippen molar-refractivity contribution in [2.75, 3.05) is 20.3 Å². The topological polar surface area (TPSA) is 87.6 Å². The maximum atomic E-state index is 11.2. The molecule has 1 aromatic carbocycles. The smallest absolute Gasteiger partial charge is 0.333 e. The second-order valence-corrected chi connectivity index (χ2v) is 5.49. The first-order chi connectivity index (χ1) is 13.0. The van der Waals surface area contributed by atoms with E-state index in [0.29, 0.717) is 17.1 Å². The number of rotatable bonds is 8. The van der Waals surface area contributed by atoms with Gasteiger partial charge in [-0.25, -0.2) is 19.6 Å². The van der Waals surface area contributed by atoms with E-state index in [1.165, 1.54) is 13.2 Å². The molecular weight excluding hydrogens is 348 g/mol. The van der Waals surface area contributed by atoms with Gasteiger partial charge in [-0.15, -0.1) is 0 Å². The second kappa shape index (κ2) is 9.86. The Balaban J connectivity index is 1.89. The van der Waals surface area contributed by atoms with E-state index in [4.69, 9.17) is 9.47 Å². The van der Waals surface area contributed by atoms with Gasteiger partial charge in [0.1, 0.15) is 13.2 Å². The fourth-order valence-corrected chi connectivity index (χ4v) is 1.93. The number of esters is 2. The minimum Gasteiger partial charge on any atom is -0.487 e. The lowest BCUT2D eigenvalue weighted by molar-refractivity contribution is -0.139. The van der Waals surface area contributed by atoms with E-state index in [1.54, 1.807) is 25.4 Å². The van der Waals surface area contributed by atoms with Crippen molar-refractivity contribution in [3.8, 4) is 17.1 Å². The monoisotopic (exact) mass is 368 g/mol. The zero-order chi connectivity index (χ0) is 19.6. The van der Waals surface area contributed by atoms with E-state index in [0.717, 1.165) is 11.1 Å². The zero-order valence-corrected chi connectivity index (χ0v) is 15.2. The normalized spacial score (nSPS) is 10.4. The average Bonchev–Trinajstić information content (AvgIpc) is 2.70. The van der Waals surface area contributed by atoms with Crippen LogP contribution >= 0.6 is 0 Å². The summed E-state index contributed by atoms with van der Waals surface area (Å²) in [6.45, 7) is 5.40. The largest absolute Gasteiger partial charge is 0.487 e. The third kappa shape index (κ3) is 6.39. The van der Waals surface area contributed by atoms with Crippen LogP contribution in [0.25, 0.3) is 17.5 Å². The highest BCUT2D eigenvalue weighted by Crippen LogP contribution is 2.18. The summed E-state index contributed by atoms with van der Waals surface area (Å²) in [5, 5.41) is 0. The molecule has 0 saturated carbocycles. The Hall–Kier alpha value is -3.48. The Bertz CT molecular complexity index is 826. The summed E-state index contributed by atoms with van der Waals surface area (Å²) in [4.78, 5) is 30.8. The molecule has 7 heteroatoms. The van der Waals surface area contributed by atoms with Crippen LogP contribution < -0.4 is 4.74 Å². The second-order valence-electron chi connectivity index (χ2n) is 5.49. The molecule has 0 fully saturated rings. The highest BCUT2D eigenvalue weighted by molar-refractivity contribution is 5.87. The van der Waals surface area contributed by atoms with E-state index >= 15 is 0 Å². The van der Waals surface area contributed by atoms with Crippen LogP contribution in [0, 0.1) is 0 Å². The molecule has 0 spiro atoms. The van der Waals surface area contributed by atoms with Gasteiger partial charge in [0.2, 0.25) is 0 Å². The predicted octanol–water partition coefficient (Wildman–Crippen LogP) is 2.83. The van der Waals surface area contributed by atoms with E-state index in [-0.39, 0.29) is 13.2 Å². The van der Waals surface area contributed by atoms with Crippen LogP contribution in [0.5, 0.6) is 5.75 Å². The Morgan fingerprint density at radius 1 is 1.11 bits per heavy atom. The molecule has 0 atom stereocenters. The molecule has 0 N–H and O–H groups in total. The van der Waals surface area contributed by atoms with Gasteiger partial charge in [-0.3, -0.25) is 0 Å². The SMILES string of the molecule is C=C(C)C(=O)OCCOc1cnc(-c2ccc(C=CC(=O)OC)cc2)nc1. The Kier molecular flexibility index (Phi) is 7.25. The number of hydrogen-bond acceptors (Lipinski definition) is 7. The lowest BCUT2D eigenvalue weighted by Crippen LogP contribution is -2.12. The van der Waals surface area contributed by atoms with Crippen LogP contribution in [0.3, 0.4) is 0 Å². The minimum absolute atomic E-state index is 0.119. The summed E-state index contributed by atoms with van der Waals surface area (Å²) in [6.07, 6.45) is 6.11. The van der Waals surface area contributed by atoms with E-state index in [9.17, 15) is 9.59 Å². The molecule has 0 amide bonds.